The van der Waals surface area contributed by atoms with E-state index in [-0.39, 0.29) is 29.3 Å². The average Bonchev–Trinajstić information content (AvgIpc) is 2.33. The van der Waals surface area contributed by atoms with Crippen LogP contribution in [0.1, 0.15) is 38.5 Å². The first-order valence-corrected chi connectivity index (χ1v) is 6.32. The molecule has 2 unspecified atom stereocenters. The highest BCUT2D eigenvalue weighted by Gasteiger charge is 2.53. The summed E-state index contributed by atoms with van der Waals surface area (Å²) in [5.41, 5.74) is 0. The van der Waals surface area contributed by atoms with Gasteiger partial charge in [0.2, 0.25) is 11.6 Å². The van der Waals surface area contributed by atoms with Crippen LogP contribution in [0.15, 0.2) is 0 Å². The van der Waals surface area contributed by atoms with Crippen LogP contribution in [0, 0.1) is 23.7 Å². The van der Waals surface area contributed by atoms with Crippen molar-refractivity contribution >= 4 is 17.3 Å². The molecule has 3 nitrogen and oxygen atoms in total. The molecule has 86 valence electrons. The normalized spacial score (nSPS) is 43.1. The highest BCUT2D eigenvalue weighted by molar-refractivity contribution is 6.65. The molecule has 0 radical (unpaired) electrons. The van der Waals surface area contributed by atoms with Gasteiger partial charge in [-0.05, 0) is 24.7 Å². The molecule has 0 aliphatic heterocycles. The molecule has 3 heteroatoms. The number of ketones is 3. The molecule has 0 heterocycles. The zero-order chi connectivity index (χ0) is 11.3. The largest absolute Gasteiger partial charge is 0.290 e. The monoisotopic (exact) mass is 220 g/mol. The Labute approximate surface area is 94.6 Å². The lowest BCUT2D eigenvalue weighted by molar-refractivity contribution is -0.157. The van der Waals surface area contributed by atoms with Crippen LogP contribution in [-0.4, -0.2) is 17.3 Å². The molecule has 0 aromatic carbocycles. The Morgan fingerprint density at radius 3 is 1.75 bits per heavy atom. The van der Waals surface area contributed by atoms with Gasteiger partial charge in [0.25, 0.3) is 5.78 Å². The molecular formula is C13H16O3. The lowest BCUT2D eigenvalue weighted by atomic mass is 9.55. The lowest BCUT2D eigenvalue weighted by Gasteiger charge is -2.46. The molecule has 0 bridgehead atoms. The maximum absolute atomic E-state index is 11.8. The Kier molecular flexibility index (Phi) is 2.23. The number of carbonyl (C=O) groups excluding carboxylic acids is 3. The summed E-state index contributed by atoms with van der Waals surface area (Å²) >= 11 is 0. The van der Waals surface area contributed by atoms with Crippen LogP contribution in [0.5, 0.6) is 0 Å². The first-order valence-electron chi connectivity index (χ1n) is 6.32. The zero-order valence-electron chi connectivity index (χ0n) is 9.28. The zero-order valence-corrected chi connectivity index (χ0v) is 9.28. The maximum atomic E-state index is 11.8. The second-order valence-electron chi connectivity index (χ2n) is 5.47. The summed E-state index contributed by atoms with van der Waals surface area (Å²) in [6.07, 6.45) is 6.04. The Hall–Kier alpha value is -0.990. The molecule has 2 atom stereocenters. The first-order chi connectivity index (χ1) is 7.70. The van der Waals surface area contributed by atoms with E-state index in [1.54, 1.807) is 0 Å². The fraction of sp³-hybridized carbons (Fsp3) is 0.769. The summed E-state index contributed by atoms with van der Waals surface area (Å²) in [4.78, 5) is 35.2. The van der Waals surface area contributed by atoms with Gasteiger partial charge in [-0.25, -0.2) is 0 Å². The topological polar surface area (TPSA) is 51.2 Å². The van der Waals surface area contributed by atoms with Crippen LogP contribution in [0.2, 0.25) is 0 Å². The van der Waals surface area contributed by atoms with Gasteiger partial charge in [-0.2, -0.15) is 0 Å². The quantitative estimate of drug-likeness (QED) is 0.582. The van der Waals surface area contributed by atoms with Gasteiger partial charge in [0.1, 0.15) is 0 Å². The van der Waals surface area contributed by atoms with Gasteiger partial charge in [-0.3, -0.25) is 14.4 Å². The fourth-order valence-electron chi connectivity index (χ4n) is 4.12. The maximum Gasteiger partial charge on any atom is 0.264 e. The van der Waals surface area contributed by atoms with Crippen molar-refractivity contribution in [1.29, 1.82) is 0 Å². The molecular weight excluding hydrogens is 204 g/mol. The smallest absolute Gasteiger partial charge is 0.264 e. The van der Waals surface area contributed by atoms with Crippen molar-refractivity contribution in [2.75, 3.05) is 0 Å². The Balaban J connectivity index is 2.00. The molecule has 0 amide bonds. The molecule has 3 aliphatic rings. The van der Waals surface area contributed by atoms with Crippen LogP contribution >= 0.6 is 0 Å². The average molecular weight is 220 g/mol. The van der Waals surface area contributed by atoms with Crippen LogP contribution in [0.3, 0.4) is 0 Å². The summed E-state index contributed by atoms with van der Waals surface area (Å²) in [5.74, 6) is -0.952. The molecule has 3 aliphatic carbocycles. The van der Waals surface area contributed by atoms with Gasteiger partial charge in [0.15, 0.2) is 0 Å². The Bertz CT molecular complexity index is 339. The Morgan fingerprint density at radius 2 is 1.25 bits per heavy atom. The third-order valence-electron chi connectivity index (χ3n) is 4.77. The van der Waals surface area contributed by atoms with Crippen LogP contribution in [0.4, 0.5) is 0 Å². The molecule has 16 heavy (non-hydrogen) atoms. The van der Waals surface area contributed by atoms with E-state index in [0.717, 1.165) is 38.5 Å². The van der Waals surface area contributed by atoms with Crippen molar-refractivity contribution in [1.82, 2.24) is 0 Å². The van der Waals surface area contributed by atoms with Crippen molar-refractivity contribution in [3.8, 4) is 0 Å². The molecule has 0 aromatic heterocycles. The van der Waals surface area contributed by atoms with E-state index in [4.69, 9.17) is 0 Å². The van der Waals surface area contributed by atoms with Crippen molar-refractivity contribution in [3.05, 3.63) is 0 Å². The number of carbonyl (C=O) groups is 3. The second kappa shape index (κ2) is 3.51. The predicted molar refractivity (Wildman–Crippen MR) is 56.7 cm³/mol. The minimum Gasteiger partial charge on any atom is -0.290 e. The van der Waals surface area contributed by atoms with Crippen LogP contribution in [0.25, 0.3) is 0 Å². The minimum absolute atomic E-state index is 0.116. The van der Waals surface area contributed by atoms with Crippen LogP contribution in [-0.2, 0) is 14.4 Å². The van der Waals surface area contributed by atoms with E-state index in [9.17, 15) is 14.4 Å². The van der Waals surface area contributed by atoms with Gasteiger partial charge < -0.3 is 0 Å². The van der Waals surface area contributed by atoms with E-state index >= 15 is 0 Å². The second-order valence-corrected chi connectivity index (χ2v) is 5.47. The SMILES string of the molecule is O=C1C(=O)C2CCCC3CCCC(C1=O)C32. The third-order valence-corrected chi connectivity index (χ3v) is 4.77. The lowest BCUT2D eigenvalue weighted by Crippen LogP contribution is -2.53. The standard InChI is InChI=1S/C13H16O3/c14-11-8-5-1-3-7-4-2-6-9(10(7)8)12(15)13(11)16/h7-10H,1-6H2. The summed E-state index contributed by atoms with van der Waals surface area (Å²) in [6.45, 7) is 0. The highest BCUT2D eigenvalue weighted by atomic mass is 16.2. The van der Waals surface area contributed by atoms with E-state index in [0.29, 0.717) is 5.92 Å². The number of rotatable bonds is 0. The van der Waals surface area contributed by atoms with Gasteiger partial charge >= 0.3 is 0 Å². The van der Waals surface area contributed by atoms with Crippen molar-refractivity contribution in [3.63, 3.8) is 0 Å². The Morgan fingerprint density at radius 1 is 0.750 bits per heavy atom. The van der Waals surface area contributed by atoms with E-state index in [1.165, 1.54) is 0 Å². The molecule has 0 N–H and O–H groups in total. The first kappa shape index (κ1) is 10.2. The summed E-state index contributed by atoms with van der Waals surface area (Å²) < 4.78 is 0. The summed E-state index contributed by atoms with van der Waals surface area (Å²) in [7, 11) is 0. The van der Waals surface area contributed by atoms with Crippen molar-refractivity contribution in [2.45, 2.75) is 38.5 Å². The minimum atomic E-state index is -0.700. The third kappa shape index (κ3) is 1.23. The molecule has 3 fully saturated rings. The number of hydrogen-bond acceptors (Lipinski definition) is 3. The summed E-state index contributed by atoms with van der Waals surface area (Å²) in [5, 5.41) is 0. The summed E-state index contributed by atoms with van der Waals surface area (Å²) in [6, 6.07) is 0. The molecule has 0 saturated heterocycles. The molecule has 3 saturated carbocycles. The molecule has 0 spiro atoms. The van der Waals surface area contributed by atoms with E-state index < -0.39 is 5.78 Å². The highest BCUT2D eigenvalue weighted by Crippen LogP contribution is 2.49. The van der Waals surface area contributed by atoms with Crippen molar-refractivity contribution in [2.24, 2.45) is 23.7 Å². The van der Waals surface area contributed by atoms with Gasteiger partial charge in [-0.15, -0.1) is 0 Å². The van der Waals surface area contributed by atoms with Gasteiger partial charge in [0.05, 0.1) is 0 Å². The predicted octanol–water partition coefficient (Wildman–Crippen LogP) is 1.54. The van der Waals surface area contributed by atoms with Gasteiger partial charge in [-0.1, -0.05) is 25.7 Å². The van der Waals surface area contributed by atoms with Gasteiger partial charge in [0, 0.05) is 11.8 Å². The van der Waals surface area contributed by atoms with Crippen molar-refractivity contribution < 1.29 is 14.4 Å². The number of Topliss-reactive ketones (excluding diaryl/α,β-unsaturated/α-hetero) is 3. The van der Waals surface area contributed by atoms with E-state index in [2.05, 4.69) is 0 Å². The van der Waals surface area contributed by atoms with E-state index in [1.807, 2.05) is 0 Å². The van der Waals surface area contributed by atoms with Crippen LogP contribution < -0.4 is 0 Å². The number of hydrogen-bond donors (Lipinski definition) is 0. The molecule has 3 rings (SSSR count). The fourth-order valence-corrected chi connectivity index (χ4v) is 4.12. The molecule has 0 aromatic rings.